The number of benzene rings is 1. The molecule has 0 bridgehead atoms. The van der Waals surface area contributed by atoms with E-state index in [0.29, 0.717) is 17.2 Å². The van der Waals surface area contributed by atoms with Crippen molar-refractivity contribution in [3.63, 3.8) is 0 Å². The number of amides is 2. The van der Waals surface area contributed by atoms with Crippen LogP contribution in [0.3, 0.4) is 0 Å². The van der Waals surface area contributed by atoms with E-state index in [1.807, 2.05) is 33.8 Å². The molecule has 1 aliphatic heterocycles. The Morgan fingerprint density at radius 2 is 2.13 bits per heavy atom. The molecule has 1 aromatic carbocycles. The number of fused-ring (bicyclic) bond motifs is 1. The van der Waals surface area contributed by atoms with Gasteiger partial charge in [0.25, 0.3) is 0 Å². The Balaban J connectivity index is 1.84. The van der Waals surface area contributed by atoms with E-state index < -0.39 is 0 Å². The summed E-state index contributed by atoms with van der Waals surface area (Å²) in [6.45, 7) is 8.76. The standard InChI is InChI=1S/C17H20FN3OS/c1-10-11(2)23-15(19-10)20-16(22)21-8-12-13(17(3,4)9-21)6-5-7-14(12)18/h5-7H,8-9H2,1-4H3,(H,19,20,22). The Labute approximate surface area is 139 Å². The third kappa shape index (κ3) is 2.95. The molecule has 1 aliphatic rings. The van der Waals surface area contributed by atoms with Crippen LogP contribution in [0.4, 0.5) is 14.3 Å². The highest BCUT2D eigenvalue weighted by Gasteiger charge is 2.35. The molecule has 1 N–H and O–H groups in total. The summed E-state index contributed by atoms with van der Waals surface area (Å²) in [5.74, 6) is -0.256. The van der Waals surface area contributed by atoms with Crippen molar-refractivity contribution in [2.24, 2.45) is 0 Å². The lowest BCUT2D eigenvalue weighted by Crippen LogP contribution is -2.47. The fourth-order valence-electron chi connectivity index (χ4n) is 3.00. The van der Waals surface area contributed by atoms with Crippen LogP contribution in [0, 0.1) is 19.7 Å². The number of rotatable bonds is 1. The van der Waals surface area contributed by atoms with Gasteiger partial charge in [-0.1, -0.05) is 26.0 Å². The number of carbonyl (C=O) groups excluding carboxylic acids is 1. The molecule has 0 saturated carbocycles. The van der Waals surface area contributed by atoms with Crippen LogP contribution >= 0.6 is 11.3 Å². The molecule has 0 saturated heterocycles. The van der Waals surface area contributed by atoms with Gasteiger partial charge in [0.1, 0.15) is 5.82 Å². The zero-order valence-corrected chi connectivity index (χ0v) is 14.6. The number of aromatic nitrogens is 1. The maximum Gasteiger partial charge on any atom is 0.323 e. The monoisotopic (exact) mass is 333 g/mol. The number of anilines is 1. The van der Waals surface area contributed by atoms with Gasteiger partial charge in [-0.25, -0.2) is 14.2 Å². The van der Waals surface area contributed by atoms with E-state index in [0.717, 1.165) is 16.1 Å². The first-order valence-corrected chi connectivity index (χ1v) is 8.37. The second kappa shape index (κ2) is 5.60. The van der Waals surface area contributed by atoms with Crippen molar-refractivity contribution >= 4 is 22.5 Å². The summed E-state index contributed by atoms with van der Waals surface area (Å²) < 4.78 is 14.2. The highest BCUT2D eigenvalue weighted by atomic mass is 32.1. The molecule has 122 valence electrons. The third-order valence-electron chi connectivity index (χ3n) is 4.31. The summed E-state index contributed by atoms with van der Waals surface area (Å²) in [6, 6.07) is 4.89. The summed E-state index contributed by atoms with van der Waals surface area (Å²) >= 11 is 1.45. The molecule has 0 radical (unpaired) electrons. The smallest absolute Gasteiger partial charge is 0.319 e. The van der Waals surface area contributed by atoms with Gasteiger partial charge in [-0.05, 0) is 25.5 Å². The predicted octanol–water partition coefficient (Wildman–Crippen LogP) is 4.22. The number of nitrogens with one attached hydrogen (secondary N) is 1. The molecule has 2 amide bonds. The fraction of sp³-hybridized carbons (Fsp3) is 0.412. The van der Waals surface area contributed by atoms with E-state index in [1.165, 1.54) is 17.4 Å². The molecule has 0 atom stereocenters. The lowest BCUT2D eigenvalue weighted by molar-refractivity contribution is 0.185. The van der Waals surface area contributed by atoms with Crippen molar-refractivity contribution in [3.8, 4) is 0 Å². The third-order valence-corrected chi connectivity index (χ3v) is 5.30. The van der Waals surface area contributed by atoms with Crippen LogP contribution in [0.2, 0.25) is 0 Å². The first-order chi connectivity index (χ1) is 10.8. The Kier molecular flexibility index (Phi) is 3.88. The fourth-order valence-corrected chi connectivity index (χ4v) is 3.81. The molecule has 0 unspecified atom stereocenters. The van der Waals surface area contributed by atoms with Crippen LogP contribution in [-0.4, -0.2) is 22.5 Å². The van der Waals surface area contributed by atoms with E-state index in [9.17, 15) is 9.18 Å². The summed E-state index contributed by atoms with van der Waals surface area (Å²) in [4.78, 5) is 19.6. The zero-order chi connectivity index (χ0) is 16.8. The number of thiazole rings is 1. The number of hydrogen-bond donors (Lipinski definition) is 1. The summed E-state index contributed by atoms with van der Waals surface area (Å²) in [6.07, 6.45) is 0. The van der Waals surface area contributed by atoms with Crippen LogP contribution in [0.1, 0.15) is 35.5 Å². The van der Waals surface area contributed by atoms with Crippen LogP contribution in [0.25, 0.3) is 0 Å². The van der Waals surface area contributed by atoms with Gasteiger partial charge in [0.2, 0.25) is 0 Å². The Bertz CT molecular complexity index is 750. The molecule has 0 aliphatic carbocycles. The molecule has 23 heavy (non-hydrogen) atoms. The van der Waals surface area contributed by atoms with Gasteiger partial charge >= 0.3 is 6.03 Å². The largest absolute Gasteiger partial charge is 0.323 e. The van der Waals surface area contributed by atoms with E-state index in [4.69, 9.17) is 0 Å². The van der Waals surface area contributed by atoms with Gasteiger partial charge in [-0.15, -0.1) is 11.3 Å². The normalized spacial score (nSPS) is 16.1. The SMILES string of the molecule is Cc1nc(NC(=O)N2Cc3c(F)cccc3C(C)(C)C2)sc1C. The van der Waals surface area contributed by atoms with Crippen LogP contribution < -0.4 is 5.32 Å². The Morgan fingerprint density at radius 3 is 2.78 bits per heavy atom. The highest BCUT2D eigenvalue weighted by molar-refractivity contribution is 7.15. The summed E-state index contributed by atoms with van der Waals surface area (Å²) in [5.41, 5.74) is 2.20. The minimum atomic E-state index is -0.290. The van der Waals surface area contributed by atoms with E-state index in [2.05, 4.69) is 10.3 Å². The van der Waals surface area contributed by atoms with Crippen LogP contribution in [0.5, 0.6) is 0 Å². The van der Waals surface area contributed by atoms with Gasteiger partial charge in [0, 0.05) is 22.4 Å². The summed E-state index contributed by atoms with van der Waals surface area (Å²) in [5, 5.41) is 3.42. The molecule has 0 fully saturated rings. The first-order valence-electron chi connectivity index (χ1n) is 7.56. The van der Waals surface area contributed by atoms with Gasteiger partial charge in [0.15, 0.2) is 5.13 Å². The van der Waals surface area contributed by atoms with E-state index in [-0.39, 0.29) is 23.8 Å². The predicted molar refractivity (Wildman–Crippen MR) is 90.4 cm³/mol. The Hall–Kier alpha value is -1.95. The number of aryl methyl sites for hydroxylation is 2. The van der Waals surface area contributed by atoms with E-state index in [1.54, 1.807) is 11.0 Å². The second-order valence-electron chi connectivity index (χ2n) is 6.60. The summed E-state index contributed by atoms with van der Waals surface area (Å²) in [7, 11) is 0. The Morgan fingerprint density at radius 1 is 1.39 bits per heavy atom. The molecule has 3 rings (SSSR count). The van der Waals surface area contributed by atoms with Crippen molar-refractivity contribution < 1.29 is 9.18 Å². The molecule has 0 spiro atoms. The van der Waals surface area contributed by atoms with Crippen molar-refractivity contribution in [1.29, 1.82) is 0 Å². The lowest BCUT2D eigenvalue weighted by atomic mass is 9.78. The maximum atomic E-state index is 14.2. The molecule has 2 heterocycles. The average Bonchev–Trinajstić information content (AvgIpc) is 2.77. The first kappa shape index (κ1) is 15.9. The number of carbonyl (C=O) groups is 1. The van der Waals surface area contributed by atoms with Crippen LogP contribution in [-0.2, 0) is 12.0 Å². The molecule has 1 aromatic heterocycles. The van der Waals surface area contributed by atoms with Crippen LogP contribution in [0.15, 0.2) is 18.2 Å². The molecule has 4 nitrogen and oxygen atoms in total. The topological polar surface area (TPSA) is 45.2 Å². The van der Waals surface area contributed by atoms with E-state index >= 15 is 0 Å². The minimum absolute atomic E-state index is 0.235. The maximum absolute atomic E-state index is 14.2. The van der Waals surface area contributed by atoms with Crippen molar-refractivity contribution in [3.05, 3.63) is 45.7 Å². The van der Waals surface area contributed by atoms with Gasteiger partial charge in [-0.2, -0.15) is 0 Å². The van der Waals surface area contributed by atoms with Gasteiger partial charge < -0.3 is 4.90 Å². The number of halogens is 1. The zero-order valence-electron chi connectivity index (χ0n) is 13.7. The van der Waals surface area contributed by atoms with Crippen molar-refractivity contribution in [1.82, 2.24) is 9.88 Å². The number of hydrogen-bond acceptors (Lipinski definition) is 3. The number of nitrogens with zero attached hydrogens (tertiary/aromatic N) is 2. The van der Waals surface area contributed by atoms with Crippen molar-refractivity contribution in [2.45, 2.75) is 39.7 Å². The van der Waals surface area contributed by atoms with Gasteiger partial charge in [0.05, 0.1) is 12.2 Å². The van der Waals surface area contributed by atoms with Crippen molar-refractivity contribution in [2.75, 3.05) is 11.9 Å². The molecular formula is C17H20FN3OS. The number of urea groups is 1. The molecule has 6 heteroatoms. The molecular weight excluding hydrogens is 313 g/mol. The average molecular weight is 333 g/mol. The highest BCUT2D eigenvalue weighted by Crippen LogP contribution is 2.35. The molecule has 2 aromatic rings. The minimum Gasteiger partial charge on any atom is -0.319 e. The lowest BCUT2D eigenvalue weighted by Gasteiger charge is -2.39. The quantitative estimate of drug-likeness (QED) is 0.849. The van der Waals surface area contributed by atoms with Gasteiger partial charge in [-0.3, -0.25) is 5.32 Å². The second-order valence-corrected chi connectivity index (χ2v) is 7.80.